The van der Waals surface area contributed by atoms with E-state index in [1.54, 1.807) is 13.0 Å². The van der Waals surface area contributed by atoms with E-state index in [0.29, 0.717) is 0 Å². The van der Waals surface area contributed by atoms with Crippen LogP contribution in [0.5, 0.6) is 0 Å². The average molecular weight is 154 g/mol. The van der Waals surface area contributed by atoms with Gasteiger partial charge in [-0.25, -0.2) is 0 Å². The zero-order valence-corrected chi connectivity index (χ0v) is 7.72. The molecule has 0 saturated carbocycles. The van der Waals surface area contributed by atoms with Crippen molar-refractivity contribution in [3.63, 3.8) is 0 Å². The normalized spacial score (nSPS) is 18.5. The smallest absolute Gasteiger partial charge is 0.0603 e. The van der Waals surface area contributed by atoms with E-state index < -0.39 is 0 Å². The first-order valence-corrected chi connectivity index (χ1v) is 3.88. The molecule has 1 nitrogen and oxygen atoms in total. The molecule has 0 bridgehead atoms. The van der Waals surface area contributed by atoms with Crippen LogP contribution < -0.4 is 0 Å². The summed E-state index contributed by atoms with van der Waals surface area (Å²) in [5, 5.41) is 9.41. The Morgan fingerprint density at radius 3 is 2.27 bits per heavy atom. The lowest BCUT2D eigenvalue weighted by Crippen LogP contribution is -2.27. The van der Waals surface area contributed by atoms with Crippen LogP contribution in [0.4, 0.5) is 0 Å². The summed E-state index contributed by atoms with van der Waals surface area (Å²) in [6.07, 6.45) is 2.23. The third-order valence-electron chi connectivity index (χ3n) is 2.10. The molecule has 0 aromatic heterocycles. The number of aliphatic hydroxyl groups is 1. The molecule has 1 heteroatoms. The van der Waals surface area contributed by atoms with Gasteiger partial charge in [-0.2, -0.15) is 0 Å². The first-order valence-electron chi connectivity index (χ1n) is 3.88. The number of rotatable bonds is 4. The molecule has 0 heterocycles. The van der Waals surface area contributed by atoms with Crippen LogP contribution in [0.3, 0.4) is 0 Å². The summed E-state index contributed by atoms with van der Waals surface area (Å²) in [5.41, 5.74) is 0.861. The van der Waals surface area contributed by atoms with Gasteiger partial charge < -0.3 is 5.11 Å². The lowest BCUT2D eigenvalue weighted by atomic mass is 9.80. The van der Waals surface area contributed by atoms with Gasteiger partial charge in [-0.3, -0.25) is 0 Å². The standard InChI is InChI=1S/C10H18O/c1-6-10(5,9(4)11)7-8(2)3/h6,9,11H,1-2,7H2,3-5H3. The molecule has 1 N–H and O–H groups in total. The van der Waals surface area contributed by atoms with Crippen molar-refractivity contribution in [2.45, 2.75) is 33.3 Å². The molecule has 0 aliphatic rings. The second-order valence-corrected chi connectivity index (χ2v) is 3.52. The molecule has 0 aromatic carbocycles. The maximum Gasteiger partial charge on any atom is 0.0603 e. The Balaban J connectivity index is 4.34. The summed E-state index contributed by atoms with van der Waals surface area (Å²) < 4.78 is 0. The first-order chi connectivity index (χ1) is 4.92. The molecule has 0 amide bonds. The molecule has 0 spiro atoms. The highest BCUT2D eigenvalue weighted by molar-refractivity contribution is 5.04. The first kappa shape index (κ1) is 10.4. The van der Waals surface area contributed by atoms with E-state index in [9.17, 15) is 5.11 Å². The van der Waals surface area contributed by atoms with Crippen molar-refractivity contribution in [2.75, 3.05) is 0 Å². The molecule has 11 heavy (non-hydrogen) atoms. The van der Waals surface area contributed by atoms with E-state index >= 15 is 0 Å². The third kappa shape index (κ3) is 2.89. The zero-order valence-electron chi connectivity index (χ0n) is 7.72. The van der Waals surface area contributed by atoms with Gasteiger partial charge in [0.15, 0.2) is 0 Å². The highest BCUT2D eigenvalue weighted by atomic mass is 16.3. The predicted octanol–water partition coefficient (Wildman–Crippen LogP) is 2.53. The Bertz CT molecular complexity index is 158. The number of allylic oxidation sites excluding steroid dienone is 1. The second-order valence-electron chi connectivity index (χ2n) is 3.52. The highest BCUT2D eigenvalue weighted by Crippen LogP contribution is 2.30. The van der Waals surface area contributed by atoms with Crippen LogP contribution in [-0.2, 0) is 0 Å². The van der Waals surface area contributed by atoms with Gasteiger partial charge in [0, 0.05) is 5.41 Å². The molecule has 0 saturated heterocycles. The van der Waals surface area contributed by atoms with Crippen LogP contribution in [0.25, 0.3) is 0 Å². The minimum atomic E-state index is -0.364. The third-order valence-corrected chi connectivity index (χ3v) is 2.10. The van der Waals surface area contributed by atoms with Gasteiger partial charge in [0.25, 0.3) is 0 Å². The molecular weight excluding hydrogens is 136 g/mol. The topological polar surface area (TPSA) is 20.2 Å². The molecule has 0 rings (SSSR count). The van der Waals surface area contributed by atoms with Gasteiger partial charge in [-0.05, 0) is 20.3 Å². The molecule has 64 valence electrons. The summed E-state index contributed by atoms with van der Waals surface area (Å²) in [6, 6.07) is 0. The Hall–Kier alpha value is -0.560. The molecule has 2 atom stereocenters. The monoisotopic (exact) mass is 154 g/mol. The molecule has 0 fully saturated rings. The minimum Gasteiger partial charge on any atom is -0.393 e. The molecule has 0 radical (unpaired) electrons. The van der Waals surface area contributed by atoms with Crippen molar-refractivity contribution >= 4 is 0 Å². The van der Waals surface area contributed by atoms with Crippen LogP contribution in [0, 0.1) is 5.41 Å². The van der Waals surface area contributed by atoms with Gasteiger partial charge in [0.2, 0.25) is 0 Å². The predicted molar refractivity (Wildman–Crippen MR) is 49.4 cm³/mol. The van der Waals surface area contributed by atoms with Crippen LogP contribution in [0.1, 0.15) is 27.2 Å². The van der Waals surface area contributed by atoms with E-state index in [0.717, 1.165) is 12.0 Å². The fraction of sp³-hybridized carbons (Fsp3) is 0.600. The maximum absolute atomic E-state index is 9.41. The van der Waals surface area contributed by atoms with E-state index in [-0.39, 0.29) is 11.5 Å². The summed E-state index contributed by atoms with van der Waals surface area (Å²) in [5.74, 6) is 0. The van der Waals surface area contributed by atoms with E-state index in [2.05, 4.69) is 13.2 Å². The SMILES string of the molecule is C=CC(C)(CC(=C)C)C(C)O. The fourth-order valence-corrected chi connectivity index (χ4v) is 1.04. The van der Waals surface area contributed by atoms with Crippen molar-refractivity contribution in [3.05, 3.63) is 24.8 Å². The van der Waals surface area contributed by atoms with Crippen molar-refractivity contribution in [1.82, 2.24) is 0 Å². The number of hydrogen-bond donors (Lipinski definition) is 1. The molecular formula is C10H18O. The van der Waals surface area contributed by atoms with Crippen LogP contribution in [0.2, 0.25) is 0 Å². The van der Waals surface area contributed by atoms with Crippen molar-refractivity contribution in [1.29, 1.82) is 0 Å². The fourth-order valence-electron chi connectivity index (χ4n) is 1.04. The van der Waals surface area contributed by atoms with Gasteiger partial charge in [-0.1, -0.05) is 18.6 Å². The number of hydrogen-bond acceptors (Lipinski definition) is 1. The Morgan fingerprint density at radius 2 is 2.18 bits per heavy atom. The van der Waals surface area contributed by atoms with E-state index in [4.69, 9.17) is 0 Å². The van der Waals surface area contributed by atoms with Crippen molar-refractivity contribution < 1.29 is 5.11 Å². The molecule has 2 unspecified atom stereocenters. The van der Waals surface area contributed by atoms with Crippen molar-refractivity contribution in [2.24, 2.45) is 5.41 Å². The summed E-state index contributed by atoms with van der Waals surface area (Å²) in [6.45, 7) is 13.2. The molecule has 0 aliphatic heterocycles. The Kier molecular flexibility index (Phi) is 3.53. The van der Waals surface area contributed by atoms with Crippen LogP contribution in [-0.4, -0.2) is 11.2 Å². The summed E-state index contributed by atoms with van der Waals surface area (Å²) in [4.78, 5) is 0. The zero-order chi connectivity index (χ0) is 9.07. The van der Waals surface area contributed by atoms with Gasteiger partial charge in [0.05, 0.1) is 6.10 Å². The highest BCUT2D eigenvalue weighted by Gasteiger charge is 2.25. The lowest BCUT2D eigenvalue weighted by molar-refractivity contribution is 0.0875. The average Bonchev–Trinajstić information content (AvgIpc) is 1.86. The summed E-state index contributed by atoms with van der Waals surface area (Å²) >= 11 is 0. The van der Waals surface area contributed by atoms with Gasteiger partial charge >= 0.3 is 0 Å². The second kappa shape index (κ2) is 3.72. The van der Waals surface area contributed by atoms with E-state index in [1.165, 1.54) is 0 Å². The number of aliphatic hydroxyl groups excluding tert-OH is 1. The molecule has 0 aromatic rings. The Morgan fingerprint density at radius 1 is 1.73 bits per heavy atom. The van der Waals surface area contributed by atoms with Gasteiger partial charge in [-0.15, -0.1) is 13.2 Å². The lowest BCUT2D eigenvalue weighted by Gasteiger charge is -2.29. The Labute approximate surface area is 69.4 Å². The van der Waals surface area contributed by atoms with E-state index in [1.807, 2.05) is 13.8 Å². The van der Waals surface area contributed by atoms with Gasteiger partial charge in [0.1, 0.15) is 0 Å². The minimum absolute atomic E-state index is 0.216. The summed E-state index contributed by atoms with van der Waals surface area (Å²) in [7, 11) is 0. The maximum atomic E-state index is 9.41. The largest absolute Gasteiger partial charge is 0.393 e. The quantitative estimate of drug-likeness (QED) is 0.617. The van der Waals surface area contributed by atoms with Crippen LogP contribution in [0.15, 0.2) is 24.8 Å². The van der Waals surface area contributed by atoms with Crippen LogP contribution >= 0.6 is 0 Å². The molecule has 0 aliphatic carbocycles. The van der Waals surface area contributed by atoms with Crippen molar-refractivity contribution in [3.8, 4) is 0 Å².